The number of hydrogen-bond acceptors (Lipinski definition) is 2. The van der Waals surface area contributed by atoms with Crippen molar-refractivity contribution in [3.05, 3.63) is 46.5 Å². The second-order valence-electron chi connectivity index (χ2n) is 3.45. The Balaban J connectivity index is 2.69. The normalized spacial score (nSPS) is 10.5. The van der Waals surface area contributed by atoms with E-state index in [-0.39, 0.29) is 11.3 Å². The van der Waals surface area contributed by atoms with Gasteiger partial charge in [-0.2, -0.15) is 5.10 Å². The Hall–Kier alpha value is -1.88. The summed E-state index contributed by atoms with van der Waals surface area (Å²) in [7, 11) is 0. The molecule has 0 amide bonds. The number of carbonyl (C=O) groups is 1. The molecule has 17 heavy (non-hydrogen) atoms. The number of halogens is 2. The molecule has 1 aromatic heterocycles. The minimum absolute atomic E-state index is 0.116. The van der Waals surface area contributed by atoms with Gasteiger partial charge in [-0.15, -0.1) is 0 Å². The van der Waals surface area contributed by atoms with Crippen LogP contribution in [-0.2, 0) is 0 Å². The first-order valence-corrected chi connectivity index (χ1v) is 5.12. The van der Waals surface area contributed by atoms with Gasteiger partial charge in [-0.3, -0.25) is 0 Å². The van der Waals surface area contributed by atoms with Crippen molar-refractivity contribution in [2.45, 2.75) is 6.92 Å². The molecule has 0 saturated carbocycles. The van der Waals surface area contributed by atoms with E-state index in [9.17, 15) is 9.18 Å². The fraction of sp³-hybridized carbons (Fsp3) is 0.0909. The summed E-state index contributed by atoms with van der Waals surface area (Å²) < 4.78 is 14.8. The lowest BCUT2D eigenvalue weighted by molar-refractivity contribution is 0.0696. The van der Waals surface area contributed by atoms with Gasteiger partial charge in [-0.1, -0.05) is 17.7 Å². The zero-order valence-corrected chi connectivity index (χ0v) is 9.57. The third-order valence-electron chi connectivity index (χ3n) is 2.29. The number of para-hydroxylation sites is 1. The van der Waals surface area contributed by atoms with Crippen molar-refractivity contribution in [2.24, 2.45) is 0 Å². The average molecular weight is 255 g/mol. The number of aromatic nitrogens is 2. The molecule has 0 saturated heterocycles. The molecule has 0 unspecified atom stereocenters. The van der Waals surface area contributed by atoms with E-state index >= 15 is 0 Å². The van der Waals surface area contributed by atoms with Gasteiger partial charge in [0.05, 0.1) is 16.3 Å². The molecule has 2 rings (SSSR count). The third-order valence-corrected chi connectivity index (χ3v) is 2.66. The number of hydrogen-bond donors (Lipinski definition) is 1. The summed E-state index contributed by atoms with van der Waals surface area (Å²) in [6.07, 6.45) is 1.38. The molecule has 0 atom stereocenters. The molecular weight excluding hydrogens is 247 g/mol. The predicted octanol–water partition coefficient (Wildman–Crippen LogP) is 2.67. The summed E-state index contributed by atoms with van der Waals surface area (Å²) in [4.78, 5) is 11.0. The van der Waals surface area contributed by atoms with E-state index in [1.807, 2.05) is 0 Å². The van der Waals surface area contributed by atoms with Crippen LogP contribution in [0.4, 0.5) is 4.39 Å². The van der Waals surface area contributed by atoms with E-state index in [1.165, 1.54) is 24.4 Å². The molecular formula is C11H8ClFN2O2. The van der Waals surface area contributed by atoms with E-state index in [4.69, 9.17) is 16.7 Å². The van der Waals surface area contributed by atoms with Crippen molar-refractivity contribution in [1.29, 1.82) is 0 Å². The summed E-state index contributed by atoms with van der Waals surface area (Å²) in [5.74, 6) is -1.88. The molecule has 2 aromatic rings. The Kier molecular flexibility index (Phi) is 2.85. The van der Waals surface area contributed by atoms with Crippen LogP contribution in [0.25, 0.3) is 5.69 Å². The lowest BCUT2D eigenvalue weighted by Gasteiger charge is -2.06. The Morgan fingerprint density at radius 2 is 2.24 bits per heavy atom. The largest absolute Gasteiger partial charge is 0.478 e. The van der Waals surface area contributed by atoms with E-state index in [1.54, 1.807) is 6.92 Å². The van der Waals surface area contributed by atoms with Crippen molar-refractivity contribution in [1.82, 2.24) is 9.78 Å². The average Bonchev–Trinajstić information content (AvgIpc) is 2.58. The Morgan fingerprint density at radius 1 is 1.53 bits per heavy atom. The molecule has 0 aliphatic heterocycles. The van der Waals surface area contributed by atoms with E-state index in [0.717, 1.165) is 4.68 Å². The van der Waals surface area contributed by atoms with Gasteiger partial charge in [0.15, 0.2) is 0 Å². The summed E-state index contributed by atoms with van der Waals surface area (Å²) in [6, 6.07) is 3.82. The van der Waals surface area contributed by atoms with Crippen LogP contribution in [0.3, 0.4) is 0 Å². The quantitative estimate of drug-likeness (QED) is 0.896. The molecule has 0 radical (unpaired) electrons. The minimum atomic E-state index is -1.22. The van der Waals surface area contributed by atoms with Crippen molar-refractivity contribution in [3.63, 3.8) is 0 Å². The van der Waals surface area contributed by atoms with Gasteiger partial charge in [0.1, 0.15) is 11.5 Å². The third kappa shape index (κ3) is 2.01. The van der Waals surface area contributed by atoms with E-state index in [0.29, 0.717) is 10.7 Å². The molecule has 1 aromatic carbocycles. The molecule has 4 nitrogen and oxygen atoms in total. The second kappa shape index (κ2) is 4.18. The van der Waals surface area contributed by atoms with Gasteiger partial charge in [-0.05, 0) is 19.1 Å². The fourth-order valence-electron chi connectivity index (χ4n) is 1.47. The van der Waals surface area contributed by atoms with Crippen molar-refractivity contribution in [3.8, 4) is 5.69 Å². The lowest BCUT2D eigenvalue weighted by atomic mass is 10.1. The van der Waals surface area contributed by atoms with Crippen LogP contribution in [0, 0.1) is 12.7 Å². The summed E-state index contributed by atoms with van der Waals surface area (Å²) in [5, 5.41) is 13.3. The predicted molar refractivity (Wildman–Crippen MR) is 60.2 cm³/mol. The maximum atomic E-state index is 13.7. The van der Waals surface area contributed by atoms with Crippen LogP contribution in [-0.4, -0.2) is 20.9 Å². The Bertz CT molecular complexity index is 576. The summed E-state index contributed by atoms with van der Waals surface area (Å²) in [6.45, 7) is 1.65. The molecule has 88 valence electrons. The van der Waals surface area contributed by atoms with Crippen LogP contribution in [0.2, 0.25) is 5.02 Å². The van der Waals surface area contributed by atoms with Crippen LogP contribution < -0.4 is 0 Å². The molecule has 0 bridgehead atoms. The molecule has 1 heterocycles. The summed E-state index contributed by atoms with van der Waals surface area (Å²) in [5.41, 5.74) is 0.227. The first-order chi connectivity index (χ1) is 8.00. The van der Waals surface area contributed by atoms with Gasteiger partial charge < -0.3 is 5.11 Å². The molecule has 6 heteroatoms. The van der Waals surface area contributed by atoms with Gasteiger partial charge in [0, 0.05) is 6.20 Å². The molecule has 0 fully saturated rings. The van der Waals surface area contributed by atoms with Gasteiger partial charge >= 0.3 is 5.97 Å². The molecule has 1 N–H and O–H groups in total. The number of carboxylic acids is 1. The van der Waals surface area contributed by atoms with Gasteiger partial charge in [0.2, 0.25) is 0 Å². The number of aryl methyl sites for hydroxylation is 1. The lowest BCUT2D eigenvalue weighted by Crippen LogP contribution is -2.08. The van der Waals surface area contributed by atoms with E-state index in [2.05, 4.69) is 5.10 Å². The maximum Gasteiger partial charge on any atom is 0.338 e. The zero-order valence-electron chi connectivity index (χ0n) is 8.82. The van der Waals surface area contributed by atoms with Crippen LogP contribution >= 0.6 is 11.6 Å². The first-order valence-electron chi connectivity index (χ1n) is 4.74. The molecule has 0 aliphatic rings. The fourth-order valence-corrected chi connectivity index (χ4v) is 1.60. The highest BCUT2D eigenvalue weighted by Gasteiger charge is 2.17. The van der Waals surface area contributed by atoms with Crippen molar-refractivity contribution >= 4 is 17.6 Å². The first kappa shape index (κ1) is 11.6. The minimum Gasteiger partial charge on any atom is -0.478 e. The molecule has 0 spiro atoms. The SMILES string of the molecule is Cc1nn(-c2c(F)cccc2C(=O)O)cc1Cl. The summed E-state index contributed by atoms with van der Waals surface area (Å²) >= 11 is 5.81. The monoisotopic (exact) mass is 254 g/mol. The van der Waals surface area contributed by atoms with Gasteiger partial charge in [0.25, 0.3) is 0 Å². The zero-order chi connectivity index (χ0) is 12.6. The number of carboxylic acid groups (broad SMARTS) is 1. The standard InChI is InChI=1S/C11H8ClFN2O2/c1-6-8(12)5-15(14-6)10-7(11(16)17)3-2-4-9(10)13/h2-5H,1H3,(H,16,17). The van der Waals surface area contributed by atoms with E-state index < -0.39 is 11.8 Å². The second-order valence-corrected chi connectivity index (χ2v) is 3.86. The number of aromatic carboxylic acids is 1. The smallest absolute Gasteiger partial charge is 0.338 e. The maximum absolute atomic E-state index is 13.7. The van der Waals surface area contributed by atoms with Crippen LogP contribution in [0.5, 0.6) is 0 Å². The highest BCUT2D eigenvalue weighted by atomic mass is 35.5. The van der Waals surface area contributed by atoms with Crippen molar-refractivity contribution < 1.29 is 14.3 Å². The van der Waals surface area contributed by atoms with Crippen LogP contribution in [0.1, 0.15) is 16.1 Å². The number of nitrogens with zero attached hydrogens (tertiary/aromatic N) is 2. The highest BCUT2D eigenvalue weighted by molar-refractivity contribution is 6.31. The Morgan fingerprint density at radius 3 is 2.76 bits per heavy atom. The Labute approximate surface area is 101 Å². The van der Waals surface area contributed by atoms with Crippen molar-refractivity contribution in [2.75, 3.05) is 0 Å². The topological polar surface area (TPSA) is 55.1 Å². The number of benzene rings is 1. The van der Waals surface area contributed by atoms with Crippen LogP contribution in [0.15, 0.2) is 24.4 Å². The van der Waals surface area contributed by atoms with Gasteiger partial charge in [-0.25, -0.2) is 13.9 Å². The number of rotatable bonds is 2. The molecule has 0 aliphatic carbocycles. The highest BCUT2D eigenvalue weighted by Crippen LogP contribution is 2.21.